The molecule has 1 fully saturated rings. The molecular weight excluding hydrogens is 374 g/mol. The number of nitrogens with one attached hydrogen (secondary N) is 1. The van der Waals surface area contributed by atoms with Gasteiger partial charge in [-0.15, -0.1) is 0 Å². The van der Waals surface area contributed by atoms with Gasteiger partial charge in [0.1, 0.15) is 0 Å². The second-order valence-electron chi connectivity index (χ2n) is 5.60. The van der Waals surface area contributed by atoms with Crippen LogP contribution in [0.2, 0.25) is 0 Å². The summed E-state index contributed by atoms with van der Waals surface area (Å²) in [6, 6.07) is 2.46. The molecule has 1 aromatic rings. The number of benzene rings is 1. The zero-order chi connectivity index (χ0) is 16.5. The molecule has 0 atom stereocenters. The second kappa shape index (κ2) is 6.23. The lowest BCUT2D eigenvalue weighted by Gasteiger charge is -2.28. The van der Waals surface area contributed by atoms with Crippen LogP contribution < -0.4 is 10.5 Å². The third kappa shape index (κ3) is 3.32. The second-order valence-corrected chi connectivity index (χ2v) is 8.14. The summed E-state index contributed by atoms with van der Waals surface area (Å²) < 4.78 is 28.2. The lowest BCUT2D eigenvalue weighted by Crippen LogP contribution is -2.51. The van der Waals surface area contributed by atoms with Crippen molar-refractivity contribution in [2.75, 3.05) is 6.54 Å². The molecule has 122 valence electrons. The Morgan fingerprint density at radius 3 is 2.50 bits per heavy atom. The molecule has 9 heteroatoms. The van der Waals surface area contributed by atoms with Crippen LogP contribution in [-0.2, 0) is 10.0 Å². The Morgan fingerprint density at radius 2 is 2.00 bits per heavy atom. The molecule has 0 saturated heterocycles. The molecule has 0 radical (unpaired) electrons. The first-order valence-electron chi connectivity index (χ1n) is 6.89. The van der Waals surface area contributed by atoms with Gasteiger partial charge in [-0.2, -0.15) is 0 Å². The van der Waals surface area contributed by atoms with Crippen molar-refractivity contribution in [3.8, 4) is 0 Å². The first kappa shape index (κ1) is 17.3. The molecule has 7 nitrogen and oxygen atoms in total. The Labute approximate surface area is 137 Å². The highest BCUT2D eigenvalue weighted by molar-refractivity contribution is 9.10. The summed E-state index contributed by atoms with van der Waals surface area (Å²) in [7, 11) is -3.87. The van der Waals surface area contributed by atoms with Gasteiger partial charge in [0.2, 0.25) is 10.0 Å². The van der Waals surface area contributed by atoms with Crippen molar-refractivity contribution in [3.63, 3.8) is 0 Å². The quantitative estimate of drug-likeness (QED) is 0.589. The molecular formula is C13H18BrN3O4S. The minimum absolute atomic E-state index is 0.128. The average Bonchev–Trinajstić information content (AvgIpc) is 2.89. The standard InChI is InChI=1S/C13H18BrN3O4S/c1-9-11(14)6-10(7-12(9)17(18)19)22(20,21)16-13(8-15)4-2-3-5-13/h6-7,16H,2-5,8,15H2,1H3. The van der Waals surface area contributed by atoms with Gasteiger partial charge in [-0.05, 0) is 25.8 Å². The third-order valence-corrected chi connectivity index (χ3v) is 6.48. The minimum atomic E-state index is -3.87. The summed E-state index contributed by atoms with van der Waals surface area (Å²) in [5.74, 6) is 0. The molecule has 0 unspecified atom stereocenters. The van der Waals surface area contributed by atoms with E-state index in [4.69, 9.17) is 5.73 Å². The maximum atomic E-state index is 12.6. The molecule has 1 aliphatic rings. The van der Waals surface area contributed by atoms with E-state index < -0.39 is 20.5 Å². The van der Waals surface area contributed by atoms with Crippen LogP contribution in [0.1, 0.15) is 31.2 Å². The molecule has 0 aromatic heterocycles. The lowest BCUT2D eigenvalue weighted by atomic mass is 10.0. The van der Waals surface area contributed by atoms with Crippen LogP contribution in [0.15, 0.2) is 21.5 Å². The first-order chi connectivity index (χ1) is 10.2. The number of hydrogen-bond donors (Lipinski definition) is 2. The van der Waals surface area contributed by atoms with Gasteiger partial charge in [0.15, 0.2) is 0 Å². The summed E-state index contributed by atoms with van der Waals surface area (Å²) in [5, 5.41) is 11.1. The molecule has 0 spiro atoms. The van der Waals surface area contributed by atoms with E-state index in [1.54, 1.807) is 6.92 Å². The van der Waals surface area contributed by atoms with Gasteiger partial charge in [-0.25, -0.2) is 13.1 Å². The highest BCUT2D eigenvalue weighted by atomic mass is 79.9. The van der Waals surface area contributed by atoms with Crippen LogP contribution in [0.3, 0.4) is 0 Å². The van der Waals surface area contributed by atoms with E-state index in [0.717, 1.165) is 18.9 Å². The van der Waals surface area contributed by atoms with Gasteiger partial charge in [-0.3, -0.25) is 10.1 Å². The fraction of sp³-hybridized carbons (Fsp3) is 0.538. The van der Waals surface area contributed by atoms with E-state index in [1.165, 1.54) is 6.07 Å². The Kier molecular flexibility index (Phi) is 4.90. The summed E-state index contributed by atoms with van der Waals surface area (Å²) >= 11 is 3.18. The average molecular weight is 392 g/mol. The molecule has 1 aliphatic carbocycles. The molecule has 3 N–H and O–H groups in total. The van der Waals surface area contributed by atoms with Crippen molar-refractivity contribution in [1.29, 1.82) is 0 Å². The molecule has 0 bridgehead atoms. The van der Waals surface area contributed by atoms with Crippen molar-refractivity contribution >= 4 is 31.6 Å². The lowest BCUT2D eigenvalue weighted by molar-refractivity contribution is -0.385. The molecule has 0 heterocycles. The molecule has 1 saturated carbocycles. The predicted octanol–water partition coefficient (Wildman–Crippen LogP) is 2.22. The van der Waals surface area contributed by atoms with Gasteiger partial charge in [0, 0.05) is 28.2 Å². The summed E-state index contributed by atoms with van der Waals surface area (Å²) in [6.45, 7) is 1.77. The summed E-state index contributed by atoms with van der Waals surface area (Å²) in [4.78, 5) is 10.3. The fourth-order valence-electron chi connectivity index (χ4n) is 2.73. The number of rotatable bonds is 5. The van der Waals surface area contributed by atoms with Crippen LogP contribution in [0.5, 0.6) is 0 Å². The molecule has 2 rings (SSSR count). The monoisotopic (exact) mass is 391 g/mol. The SMILES string of the molecule is Cc1c(Br)cc(S(=O)(=O)NC2(CN)CCCC2)cc1[N+](=O)[O-]. The maximum absolute atomic E-state index is 12.6. The number of sulfonamides is 1. The van der Waals surface area contributed by atoms with E-state index in [2.05, 4.69) is 20.7 Å². The topological polar surface area (TPSA) is 115 Å². The van der Waals surface area contributed by atoms with Crippen LogP contribution in [-0.4, -0.2) is 25.4 Å². The van der Waals surface area contributed by atoms with Crippen LogP contribution in [0.4, 0.5) is 5.69 Å². The van der Waals surface area contributed by atoms with E-state index in [9.17, 15) is 18.5 Å². The fourth-order valence-corrected chi connectivity index (χ4v) is 4.84. The zero-order valence-corrected chi connectivity index (χ0v) is 14.5. The summed E-state index contributed by atoms with van der Waals surface area (Å²) in [5.41, 5.74) is 5.25. The number of hydrogen-bond acceptors (Lipinski definition) is 5. The van der Waals surface area contributed by atoms with E-state index in [1.807, 2.05) is 0 Å². The minimum Gasteiger partial charge on any atom is -0.329 e. The Bertz CT molecular complexity index is 699. The van der Waals surface area contributed by atoms with Gasteiger partial charge >= 0.3 is 0 Å². The van der Waals surface area contributed by atoms with Gasteiger partial charge in [0.05, 0.1) is 9.82 Å². The highest BCUT2D eigenvalue weighted by Crippen LogP contribution is 2.33. The van der Waals surface area contributed by atoms with Crippen molar-refractivity contribution in [2.24, 2.45) is 5.73 Å². The number of nitro groups is 1. The van der Waals surface area contributed by atoms with Crippen molar-refractivity contribution < 1.29 is 13.3 Å². The number of nitrogens with two attached hydrogens (primary N) is 1. The largest absolute Gasteiger partial charge is 0.329 e. The number of nitrogens with zero attached hydrogens (tertiary/aromatic N) is 1. The van der Waals surface area contributed by atoms with E-state index in [0.29, 0.717) is 22.9 Å². The van der Waals surface area contributed by atoms with Gasteiger partial charge in [0.25, 0.3) is 5.69 Å². The molecule has 1 aromatic carbocycles. The van der Waals surface area contributed by atoms with Gasteiger partial charge in [-0.1, -0.05) is 28.8 Å². The van der Waals surface area contributed by atoms with Crippen molar-refractivity contribution in [2.45, 2.75) is 43.0 Å². The number of halogens is 1. The molecule has 0 amide bonds. The Balaban J connectivity index is 2.44. The zero-order valence-electron chi connectivity index (χ0n) is 12.1. The highest BCUT2D eigenvalue weighted by Gasteiger charge is 2.37. The first-order valence-corrected chi connectivity index (χ1v) is 9.17. The number of nitro benzene ring substituents is 1. The smallest absolute Gasteiger partial charge is 0.274 e. The normalized spacial score (nSPS) is 17.6. The Morgan fingerprint density at radius 1 is 1.41 bits per heavy atom. The van der Waals surface area contributed by atoms with Crippen molar-refractivity contribution in [1.82, 2.24) is 4.72 Å². The van der Waals surface area contributed by atoms with Crippen molar-refractivity contribution in [3.05, 3.63) is 32.3 Å². The van der Waals surface area contributed by atoms with E-state index >= 15 is 0 Å². The molecule has 22 heavy (non-hydrogen) atoms. The molecule has 0 aliphatic heterocycles. The van der Waals surface area contributed by atoms with Gasteiger partial charge < -0.3 is 5.73 Å². The predicted molar refractivity (Wildman–Crippen MR) is 86.1 cm³/mol. The summed E-state index contributed by atoms with van der Waals surface area (Å²) in [6.07, 6.45) is 3.19. The van der Waals surface area contributed by atoms with Crippen LogP contribution in [0, 0.1) is 17.0 Å². The maximum Gasteiger partial charge on any atom is 0.274 e. The van der Waals surface area contributed by atoms with E-state index in [-0.39, 0.29) is 17.1 Å². The van der Waals surface area contributed by atoms with Crippen LogP contribution in [0.25, 0.3) is 0 Å². The van der Waals surface area contributed by atoms with Crippen LogP contribution >= 0.6 is 15.9 Å². The third-order valence-electron chi connectivity index (χ3n) is 4.10. The Hall–Kier alpha value is -1.03.